The molecule has 3 aliphatic heterocycles. The van der Waals surface area contributed by atoms with Crippen LogP contribution in [0.1, 0.15) is 50.2 Å². The van der Waals surface area contributed by atoms with Crippen molar-refractivity contribution in [3.05, 3.63) is 58.7 Å². The number of halogens is 3. The van der Waals surface area contributed by atoms with E-state index in [0.717, 1.165) is 61.9 Å². The number of carbonyl (C=O) groups excluding carboxylic acids is 1. The van der Waals surface area contributed by atoms with Crippen molar-refractivity contribution in [2.75, 3.05) is 57.4 Å². The Labute approximate surface area is 255 Å². The largest absolute Gasteiger partial charge is 1.00 e. The lowest BCUT2D eigenvalue weighted by atomic mass is 9.90. The number of hydrogen-bond acceptors (Lipinski definition) is 5. The highest BCUT2D eigenvalue weighted by atomic mass is 35.5. The minimum absolute atomic E-state index is 0. The third-order valence-electron chi connectivity index (χ3n) is 8.73. The van der Waals surface area contributed by atoms with Gasteiger partial charge in [0.1, 0.15) is 24.4 Å². The molecule has 4 N–H and O–H groups in total. The van der Waals surface area contributed by atoms with Gasteiger partial charge in [0.15, 0.2) is 0 Å². The molecule has 3 aliphatic rings. The van der Waals surface area contributed by atoms with Crippen molar-refractivity contribution in [3.63, 3.8) is 0 Å². The second-order valence-electron chi connectivity index (χ2n) is 12.4. The van der Waals surface area contributed by atoms with Gasteiger partial charge in [-0.3, -0.25) is 14.7 Å². The van der Waals surface area contributed by atoms with Gasteiger partial charge in [0.25, 0.3) is 0 Å². The number of aliphatic hydroxyl groups excluding tert-OH is 1. The van der Waals surface area contributed by atoms with Gasteiger partial charge in [-0.2, -0.15) is 0 Å². The number of morpholine rings is 1. The van der Waals surface area contributed by atoms with Crippen LogP contribution in [0.5, 0.6) is 0 Å². The highest BCUT2D eigenvalue weighted by molar-refractivity contribution is 5.97. The first-order valence-electron chi connectivity index (χ1n) is 14.3. The summed E-state index contributed by atoms with van der Waals surface area (Å²) in [6.07, 6.45) is 0.515. The molecular weight excluding hydrogens is 568 g/mol. The molecule has 8 nitrogen and oxygen atoms in total. The molecule has 1 amide bonds. The molecule has 1 aromatic heterocycles. The Kier molecular flexibility index (Phi) is 11.6. The molecule has 0 bridgehead atoms. The number of carbonyl (C=O) groups is 1. The van der Waals surface area contributed by atoms with Crippen molar-refractivity contribution >= 4 is 11.6 Å². The Bertz CT molecular complexity index is 1190. The quantitative estimate of drug-likeness (QED) is 0.290. The monoisotopic (exact) mass is 611 g/mol. The number of quaternary nitrogens is 2. The summed E-state index contributed by atoms with van der Waals surface area (Å²) in [5.41, 5.74) is 3.78. The summed E-state index contributed by atoms with van der Waals surface area (Å²) in [6, 6.07) is 9.66. The van der Waals surface area contributed by atoms with Gasteiger partial charge in [-0.1, -0.05) is 26.0 Å². The Balaban J connectivity index is 0.00000231. The van der Waals surface area contributed by atoms with E-state index in [2.05, 4.69) is 37.9 Å². The number of rotatable bonds is 7. The molecule has 1 unspecified atom stereocenters. The number of piperazine rings is 1. The normalized spacial score (nSPS) is 25.7. The number of nitrogens with zero attached hydrogens (tertiary/aromatic N) is 3. The number of fused-ring (bicyclic) bond motifs is 1. The van der Waals surface area contributed by atoms with Crippen molar-refractivity contribution in [2.45, 2.75) is 64.3 Å². The van der Waals surface area contributed by atoms with Gasteiger partial charge in [-0.25, -0.2) is 4.39 Å². The highest BCUT2D eigenvalue weighted by Crippen LogP contribution is 2.40. The SMILES string of the molecule is C[C@@H]1CN(CC(=O)N2CC(C)(C)c3nc(CO)c(Cc4ccc(F)cc4)cc32)[C@@H](C[NH+]2CCOC[C@H]2C)C[NH2+]1.[Cl-].[Cl-]. The zero-order valence-corrected chi connectivity index (χ0v) is 26.0. The summed E-state index contributed by atoms with van der Waals surface area (Å²) in [5, 5.41) is 12.5. The predicted molar refractivity (Wildman–Crippen MR) is 147 cm³/mol. The lowest BCUT2D eigenvalue weighted by Crippen LogP contribution is -3.19. The number of hydrogen-bond donors (Lipinski definition) is 3. The maximum Gasteiger partial charge on any atom is 0.241 e. The first kappa shape index (κ1) is 33.6. The third kappa shape index (κ3) is 7.57. The first-order valence-corrected chi connectivity index (χ1v) is 14.3. The Hall–Kier alpha value is -1.85. The minimum Gasteiger partial charge on any atom is -1.00 e. The molecule has 4 atom stereocenters. The van der Waals surface area contributed by atoms with Crippen molar-refractivity contribution in [3.8, 4) is 0 Å². The topological polar surface area (TPSA) is 87.0 Å². The number of amides is 1. The van der Waals surface area contributed by atoms with Gasteiger partial charge in [-0.15, -0.1) is 0 Å². The minimum atomic E-state index is -0.320. The summed E-state index contributed by atoms with van der Waals surface area (Å²) in [7, 11) is 0. The first-order chi connectivity index (χ1) is 18.6. The average Bonchev–Trinajstić information content (AvgIpc) is 3.17. The predicted octanol–water partition coefficient (Wildman–Crippen LogP) is -6.12. The number of nitrogens with one attached hydrogen (secondary N) is 1. The molecule has 11 heteroatoms. The van der Waals surface area contributed by atoms with E-state index in [1.807, 2.05) is 11.0 Å². The van der Waals surface area contributed by atoms with Crippen LogP contribution in [-0.2, 0) is 28.0 Å². The maximum atomic E-state index is 14.0. The van der Waals surface area contributed by atoms with Crippen LogP contribution in [0.15, 0.2) is 30.3 Å². The van der Waals surface area contributed by atoms with Crippen LogP contribution in [0, 0.1) is 5.82 Å². The van der Waals surface area contributed by atoms with Crippen LogP contribution in [0.2, 0.25) is 0 Å². The number of pyridine rings is 1. The molecule has 0 saturated carbocycles. The van der Waals surface area contributed by atoms with E-state index < -0.39 is 0 Å². The average molecular weight is 613 g/mol. The summed E-state index contributed by atoms with van der Waals surface area (Å²) >= 11 is 0. The molecular formula is C30H44Cl2FN5O3. The van der Waals surface area contributed by atoms with E-state index in [-0.39, 0.29) is 48.6 Å². The van der Waals surface area contributed by atoms with Gasteiger partial charge < -0.3 is 49.8 Å². The number of ether oxygens (including phenoxy) is 1. The van der Waals surface area contributed by atoms with Crippen LogP contribution in [0.25, 0.3) is 0 Å². The number of aliphatic hydroxyl groups is 1. The molecule has 2 saturated heterocycles. The van der Waals surface area contributed by atoms with E-state index in [1.54, 1.807) is 17.0 Å². The van der Waals surface area contributed by atoms with Gasteiger partial charge in [0.2, 0.25) is 5.91 Å². The summed E-state index contributed by atoms with van der Waals surface area (Å²) in [5.74, 6) is -0.184. The molecule has 5 rings (SSSR count). The maximum absolute atomic E-state index is 14.0. The van der Waals surface area contributed by atoms with Gasteiger partial charge in [0.05, 0.1) is 69.1 Å². The van der Waals surface area contributed by atoms with Gasteiger partial charge in [-0.05, 0) is 49.6 Å². The fourth-order valence-electron chi connectivity index (χ4n) is 6.41. The van der Waals surface area contributed by atoms with Gasteiger partial charge >= 0.3 is 0 Å². The molecule has 0 aliphatic carbocycles. The third-order valence-corrected chi connectivity index (χ3v) is 8.73. The number of benzene rings is 1. The number of nitrogens with two attached hydrogens (primary N) is 1. The summed E-state index contributed by atoms with van der Waals surface area (Å²) in [6.45, 7) is 15.0. The number of aromatic nitrogens is 1. The Morgan fingerprint density at radius 3 is 2.66 bits per heavy atom. The van der Waals surface area contributed by atoms with E-state index in [1.165, 1.54) is 12.1 Å². The van der Waals surface area contributed by atoms with Crippen molar-refractivity contribution in [2.24, 2.45) is 0 Å². The lowest BCUT2D eigenvalue weighted by molar-refractivity contribution is -0.935. The lowest BCUT2D eigenvalue weighted by Gasteiger charge is -2.40. The second kappa shape index (κ2) is 14.1. The molecule has 1 aromatic carbocycles. The van der Waals surface area contributed by atoms with Crippen LogP contribution in [-0.4, -0.2) is 91.5 Å². The molecule has 0 spiro atoms. The van der Waals surface area contributed by atoms with Crippen molar-refractivity contribution in [1.82, 2.24) is 9.88 Å². The standard InChI is InChI=1S/C30H42FN5O3.2ClH/c1-20-14-35(25(13-32-20)15-34-9-10-39-18-21(34)2)16-28(38)36-19-30(3,4)29-27(36)12-23(26(17-37)33-29)11-22-5-7-24(31)8-6-22;;/h5-8,12,20-21,25,32,37H,9-11,13-19H2,1-4H3;2*1H/t20-,21-,25-;;/m1../s1. The van der Waals surface area contributed by atoms with E-state index in [4.69, 9.17) is 9.72 Å². The van der Waals surface area contributed by atoms with Crippen LogP contribution in [0.3, 0.4) is 0 Å². The van der Waals surface area contributed by atoms with Crippen molar-refractivity contribution in [1.29, 1.82) is 0 Å². The van der Waals surface area contributed by atoms with Crippen LogP contribution in [0.4, 0.5) is 10.1 Å². The highest BCUT2D eigenvalue weighted by Gasteiger charge is 2.42. The Morgan fingerprint density at radius 2 is 1.98 bits per heavy atom. The molecule has 2 aromatic rings. The van der Waals surface area contributed by atoms with Crippen LogP contribution >= 0.6 is 0 Å². The zero-order valence-electron chi connectivity index (χ0n) is 24.5. The Morgan fingerprint density at radius 1 is 1.24 bits per heavy atom. The molecule has 228 valence electrons. The smallest absolute Gasteiger partial charge is 0.241 e. The van der Waals surface area contributed by atoms with Crippen molar-refractivity contribution < 1.29 is 54.1 Å². The molecule has 2 fully saturated rings. The number of anilines is 1. The molecule has 0 radical (unpaired) electrons. The van der Waals surface area contributed by atoms with E-state index in [9.17, 15) is 14.3 Å². The summed E-state index contributed by atoms with van der Waals surface area (Å²) < 4.78 is 19.1. The fraction of sp³-hybridized carbons (Fsp3) is 0.600. The van der Waals surface area contributed by atoms with Crippen LogP contribution < -0.4 is 39.9 Å². The fourth-order valence-corrected chi connectivity index (χ4v) is 6.41. The van der Waals surface area contributed by atoms with E-state index >= 15 is 0 Å². The molecule has 4 heterocycles. The van der Waals surface area contributed by atoms with Gasteiger partial charge in [0, 0.05) is 12.0 Å². The molecule has 41 heavy (non-hydrogen) atoms. The zero-order chi connectivity index (χ0) is 27.7. The summed E-state index contributed by atoms with van der Waals surface area (Å²) in [4.78, 5) is 24.7. The second-order valence-corrected chi connectivity index (χ2v) is 12.4. The van der Waals surface area contributed by atoms with E-state index in [0.29, 0.717) is 43.3 Å².